The van der Waals surface area contributed by atoms with Crippen LogP contribution in [0.25, 0.3) is 0 Å². The Labute approximate surface area is 246 Å². The molecule has 5 aliphatic rings. The Kier molecular flexibility index (Phi) is 7.45. The summed E-state index contributed by atoms with van der Waals surface area (Å²) < 4.78 is 1.34. The average Bonchev–Trinajstić information content (AvgIpc) is 3.74. The van der Waals surface area contributed by atoms with E-state index in [4.69, 9.17) is 11.1 Å². The molecule has 5 N–H and O–H groups in total. The van der Waals surface area contributed by atoms with Crippen molar-refractivity contribution in [3.8, 4) is 0 Å². The number of nitrogens with two attached hydrogens (primary N) is 1. The van der Waals surface area contributed by atoms with Gasteiger partial charge in [0.1, 0.15) is 18.6 Å². The van der Waals surface area contributed by atoms with Crippen LogP contribution < -0.4 is 11.1 Å². The van der Waals surface area contributed by atoms with E-state index < -0.39 is 11.9 Å². The van der Waals surface area contributed by atoms with E-state index in [1.807, 2.05) is 23.6 Å². The van der Waals surface area contributed by atoms with E-state index in [-0.39, 0.29) is 77.4 Å². The number of tetrazole rings is 1. The van der Waals surface area contributed by atoms with Crippen LogP contribution in [0.3, 0.4) is 0 Å². The number of carboxylic acid groups (broad SMARTS) is 1. The van der Waals surface area contributed by atoms with Crippen molar-refractivity contribution in [3.63, 3.8) is 0 Å². The molecule has 16 heteroatoms. The zero-order valence-electron chi connectivity index (χ0n) is 23.5. The number of rotatable bonds is 9. The Morgan fingerprint density at radius 1 is 1.31 bits per heavy atom. The van der Waals surface area contributed by atoms with Crippen LogP contribution >= 0.6 is 11.8 Å². The van der Waals surface area contributed by atoms with Gasteiger partial charge in [-0.3, -0.25) is 19.8 Å². The van der Waals surface area contributed by atoms with Crippen LogP contribution in [0, 0.1) is 29.1 Å². The number of amides is 2. The highest BCUT2D eigenvalue weighted by atomic mass is 32.2. The number of aliphatic carboxylic acids is 1. The highest BCUT2D eigenvalue weighted by Crippen LogP contribution is 2.53. The summed E-state index contributed by atoms with van der Waals surface area (Å²) in [4.78, 5) is 57.4. The van der Waals surface area contributed by atoms with E-state index in [1.54, 1.807) is 0 Å². The number of carbonyl (C=O) groups is 4. The van der Waals surface area contributed by atoms with Crippen molar-refractivity contribution in [2.24, 2.45) is 29.4 Å². The molecular formula is C26H36N10O5S. The number of nitrogens with zero attached hydrogens (tertiary/aromatic N) is 7. The van der Waals surface area contributed by atoms with Gasteiger partial charge in [0.05, 0.1) is 24.0 Å². The van der Waals surface area contributed by atoms with Crippen LogP contribution in [-0.4, -0.2) is 119 Å². The van der Waals surface area contributed by atoms with Gasteiger partial charge in [-0.25, -0.2) is 9.48 Å². The molecule has 0 spiro atoms. The molecule has 6 rings (SSSR count). The maximum Gasteiger partial charge on any atom is 0.353 e. The molecule has 4 fully saturated rings. The third-order valence-electron chi connectivity index (χ3n) is 9.53. The molecule has 0 aromatic carbocycles. The lowest BCUT2D eigenvalue weighted by atomic mass is 9.73. The number of hydrogen-bond acceptors (Lipinski definition) is 10. The molecule has 5 aliphatic heterocycles. The molecule has 0 bridgehead atoms. The minimum absolute atomic E-state index is 0.0181. The molecule has 0 radical (unpaired) electrons. The van der Waals surface area contributed by atoms with Crippen molar-refractivity contribution in [3.05, 3.63) is 16.9 Å². The number of hydrogen-bond donors (Lipinski definition) is 4. The van der Waals surface area contributed by atoms with E-state index in [1.165, 1.54) is 27.7 Å². The molecule has 2 unspecified atom stereocenters. The number of aromatic nitrogens is 4. The number of fused-ring (bicyclic) bond motifs is 2. The first-order valence-electron chi connectivity index (χ1n) is 14.4. The highest BCUT2D eigenvalue weighted by Gasteiger charge is 2.60. The number of carbonyl (C=O) groups excluding carboxylic acids is 3. The molecule has 2 amide bonds. The number of Topliss-reactive ketones (excluding diaryl/α,β-unsaturated/α-hetero) is 1. The second-order valence-electron chi connectivity index (χ2n) is 12.1. The molecule has 4 saturated heterocycles. The van der Waals surface area contributed by atoms with E-state index in [0.717, 1.165) is 13.0 Å². The van der Waals surface area contributed by atoms with Gasteiger partial charge < -0.3 is 30.9 Å². The van der Waals surface area contributed by atoms with Crippen LogP contribution in [-0.2, 0) is 25.7 Å². The molecule has 42 heavy (non-hydrogen) atoms. The number of ketones is 1. The third-order valence-corrected chi connectivity index (χ3v) is 11.0. The molecule has 8 atom stereocenters. The van der Waals surface area contributed by atoms with Crippen molar-refractivity contribution in [2.45, 2.75) is 63.0 Å². The summed E-state index contributed by atoms with van der Waals surface area (Å²) in [5, 5.41) is 32.0. The maximum atomic E-state index is 13.4. The lowest BCUT2D eigenvalue weighted by molar-refractivity contribution is -0.160. The van der Waals surface area contributed by atoms with E-state index in [9.17, 15) is 24.3 Å². The van der Waals surface area contributed by atoms with Gasteiger partial charge in [-0.05, 0) is 29.2 Å². The summed E-state index contributed by atoms with van der Waals surface area (Å²) in [5.41, 5.74) is 5.76. The third kappa shape index (κ3) is 4.83. The van der Waals surface area contributed by atoms with Gasteiger partial charge in [0.15, 0.2) is 11.7 Å². The average molecular weight is 601 g/mol. The van der Waals surface area contributed by atoms with Crippen molar-refractivity contribution in [1.82, 2.24) is 40.2 Å². The summed E-state index contributed by atoms with van der Waals surface area (Å²) in [6.45, 7) is 6.34. The Balaban J connectivity index is 1.08. The van der Waals surface area contributed by atoms with E-state index >= 15 is 0 Å². The van der Waals surface area contributed by atoms with Crippen molar-refractivity contribution in [1.29, 1.82) is 5.41 Å². The standard InChI is InChI=1S/C26H36N10O5S/c1-12(5-15(37)9-34-11-30-31-32-34)19-20-13(2)22(21(25(40)41)36(20)24(19)39)42-16-6-17(29-7-16)23(38)33-8-14-3-4-35(26(27)28)18(14)10-33/h11-14,16-20,29H,3-10H2,1-2H3,(H3,27,28)(H,40,41)/t12-,13+,14?,16-,17-,18?,19+,20+/m0/s1. The van der Waals surface area contributed by atoms with E-state index in [0.29, 0.717) is 36.9 Å². The van der Waals surface area contributed by atoms with Gasteiger partial charge >= 0.3 is 5.97 Å². The molecule has 6 heterocycles. The van der Waals surface area contributed by atoms with Crippen LogP contribution in [0.5, 0.6) is 0 Å². The first kappa shape index (κ1) is 28.6. The fraction of sp³-hybridized carbons (Fsp3) is 0.692. The SMILES string of the molecule is C[C@@H](CC(=O)Cn1cnnn1)[C@H]1C(=O)N2C(C(=O)O)=C(S[C@@H]3CN[C@H](C(=O)N4CC5CCN(C(=N)N)C5C4)C3)[C@H](C)[C@H]12. The fourth-order valence-electron chi connectivity index (χ4n) is 7.57. The molecule has 0 aliphatic carbocycles. The topological polar surface area (TPSA) is 204 Å². The summed E-state index contributed by atoms with van der Waals surface area (Å²) in [6, 6.07) is -0.592. The number of likely N-dealkylation sites (tertiary alicyclic amines) is 2. The summed E-state index contributed by atoms with van der Waals surface area (Å²) in [7, 11) is 0. The lowest BCUT2D eigenvalue weighted by Crippen LogP contribution is -2.62. The lowest BCUT2D eigenvalue weighted by Gasteiger charge is -2.47. The largest absolute Gasteiger partial charge is 0.477 e. The second-order valence-corrected chi connectivity index (χ2v) is 13.5. The van der Waals surface area contributed by atoms with Crippen LogP contribution in [0.1, 0.15) is 33.1 Å². The Morgan fingerprint density at radius 2 is 2.10 bits per heavy atom. The van der Waals surface area contributed by atoms with Crippen LogP contribution in [0.4, 0.5) is 0 Å². The predicted octanol–water partition coefficient (Wildman–Crippen LogP) is -1.07. The van der Waals surface area contributed by atoms with Gasteiger partial charge in [0.25, 0.3) is 0 Å². The Bertz CT molecular complexity index is 1340. The second kappa shape index (κ2) is 10.9. The minimum Gasteiger partial charge on any atom is -0.477 e. The smallest absolute Gasteiger partial charge is 0.353 e. The quantitative estimate of drug-likeness (QED) is 0.152. The van der Waals surface area contributed by atoms with Gasteiger partial charge in [-0.15, -0.1) is 16.9 Å². The zero-order valence-corrected chi connectivity index (χ0v) is 24.4. The monoisotopic (exact) mass is 600 g/mol. The van der Waals surface area contributed by atoms with Crippen LogP contribution in [0.2, 0.25) is 0 Å². The first-order chi connectivity index (χ1) is 20.0. The first-order valence-corrected chi connectivity index (χ1v) is 15.3. The molecular weight excluding hydrogens is 564 g/mol. The van der Waals surface area contributed by atoms with Gasteiger partial charge in [0.2, 0.25) is 11.8 Å². The fourth-order valence-corrected chi connectivity index (χ4v) is 9.05. The minimum atomic E-state index is -1.14. The zero-order chi connectivity index (χ0) is 29.9. The maximum absolute atomic E-state index is 13.4. The molecule has 15 nitrogen and oxygen atoms in total. The summed E-state index contributed by atoms with van der Waals surface area (Å²) in [6.07, 6.45) is 2.99. The van der Waals surface area contributed by atoms with Gasteiger partial charge in [0, 0.05) is 54.6 Å². The molecule has 226 valence electrons. The van der Waals surface area contributed by atoms with Crippen LogP contribution in [0.15, 0.2) is 16.9 Å². The Hall–Kier alpha value is -3.53. The summed E-state index contributed by atoms with van der Waals surface area (Å²) >= 11 is 1.45. The van der Waals surface area contributed by atoms with Crippen molar-refractivity contribution in [2.75, 3.05) is 26.2 Å². The Morgan fingerprint density at radius 3 is 2.79 bits per heavy atom. The number of carboxylic acids is 1. The van der Waals surface area contributed by atoms with Gasteiger partial charge in [-0.2, -0.15) is 0 Å². The summed E-state index contributed by atoms with van der Waals surface area (Å²) in [5.74, 6) is -2.03. The molecule has 0 saturated carbocycles. The van der Waals surface area contributed by atoms with Gasteiger partial charge in [-0.1, -0.05) is 13.8 Å². The number of nitrogens with one attached hydrogen (secondary N) is 2. The normalized spacial score (nSPS) is 32.7. The molecule has 1 aromatic rings. The van der Waals surface area contributed by atoms with Crippen molar-refractivity contribution >= 4 is 41.3 Å². The highest BCUT2D eigenvalue weighted by molar-refractivity contribution is 8.03. The number of thioether (sulfide) groups is 1. The predicted molar refractivity (Wildman–Crippen MR) is 149 cm³/mol. The van der Waals surface area contributed by atoms with E-state index in [2.05, 4.69) is 20.8 Å². The molecule has 1 aromatic heterocycles. The number of guanidine groups is 1. The number of β-lactam (4-membered cyclic amide) rings is 1. The van der Waals surface area contributed by atoms with Crippen molar-refractivity contribution < 1.29 is 24.3 Å².